The maximum Gasteiger partial charge on any atom is 0.227 e. The van der Waals surface area contributed by atoms with E-state index in [1.165, 1.54) is 0 Å². The van der Waals surface area contributed by atoms with E-state index in [-0.39, 0.29) is 0 Å². The minimum atomic E-state index is 0.518. The number of methoxy groups -OCH3 is 1. The van der Waals surface area contributed by atoms with Gasteiger partial charge in [-0.3, -0.25) is 4.98 Å². The molecule has 0 spiro atoms. The molecule has 1 aliphatic rings. The Kier molecular flexibility index (Phi) is 6.14. The first-order valence-electron chi connectivity index (χ1n) is 10.7. The lowest BCUT2D eigenvalue weighted by atomic mass is 10.2. The van der Waals surface area contributed by atoms with Crippen molar-refractivity contribution in [1.82, 2.24) is 19.9 Å². The summed E-state index contributed by atoms with van der Waals surface area (Å²) in [6, 6.07) is 11.9. The second-order valence-corrected chi connectivity index (χ2v) is 8.55. The van der Waals surface area contributed by atoms with Crippen LogP contribution in [0, 0.1) is 6.92 Å². The minimum Gasteiger partial charge on any atom is -0.495 e. The van der Waals surface area contributed by atoms with Crippen molar-refractivity contribution in [3.63, 3.8) is 0 Å². The van der Waals surface area contributed by atoms with E-state index in [1.807, 2.05) is 43.5 Å². The van der Waals surface area contributed by atoms with Crippen LogP contribution >= 0.6 is 11.3 Å². The van der Waals surface area contributed by atoms with Crippen molar-refractivity contribution in [1.29, 1.82) is 0 Å². The number of aromatic nitrogens is 4. The van der Waals surface area contributed by atoms with E-state index in [0.29, 0.717) is 5.95 Å². The molecule has 4 aromatic rings. The first-order chi connectivity index (χ1) is 16.2. The van der Waals surface area contributed by atoms with Crippen molar-refractivity contribution in [3.05, 3.63) is 60.7 Å². The zero-order chi connectivity index (χ0) is 22.6. The van der Waals surface area contributed by atoms with Crippen LogP contribution in [0.4, 0.5) is 17.3 Å². The Morgan fingerprint density at radius 3 is 2.76 bits per heavy atom. The molecule has 33 heavy (non-hydrogen) atoms. The summed E-state index contributed by atoms with van der Waals surface area (Å²) in [7, 11) is 1.69. The van der Waals surface area contributed by atoms with E-state index in [2.05, 4.69) is 26.3 Å². The summed E-state index contributed by atoms with van der Waals surface area (Å²) in [6.45, 7) is 5.15. The Morgan fingerprint density at radius 2 is 1.97 bits per heavy atom. The van der Waals surface area contributed by atoms with E-state index in [9.17, 15) is 0 Å². The molecule has 1 N–H and O–H groups in total. The molecule has 4 heterocycles. The average Bonchev–Trinajstić information content (AvgIpc) is 3.27. The largest absolute Gasteiger partial charge is 0.495 e. The Bertz CT molecular complexity index is 1240. The lowest BCUT2D eigenvalue weighted by Crippen LogP contribution is -2.36. The second-order valence-electron chi connectivity index (χ2n) is 7.55. The number of pyridine rings is 1. The lowest BCUT2D eigenvalue weighted by Gasteiger charge is -2.30. The van der Waals surface area contributed by atoms with Gasteiger partial charge >= 0.3 is 0 Å². The maximum absolute atomic E-state index is 5.66. The molecule has 5 rings (SSSR count). The number of hydrogen-bond acceptors (Lipinski definition) is 9. The number of benzene rings is 1. The molecular formula is C24H24N6O2S. The van der Waals surface area contributed by atoms with E-state index in [4.69, 9.17) is 19.4 Å². The van der Waals surface area contributed by atoms with Crippen LogP contribution in [0.15, 0.2) is 55.0 Å². The summed E-state index contributed by atoms with van der Waals surface area (Å²) in [5.41, 5.74) is 4.67. The minimum absolute atomic E-state index is 0.518. The Hall–Kier alpha value is -3.56. The number of rotatable bonds is 6. The standard InChI is InChI=1S/C24H24N6O2S/c1-16-22(33-23(27-16)17-4-3-8-25-15-17)19-7-9-26-24(29-19)28-18-5-6-20(21(14-18)31-2)30-10-12-32-13-11-30/h3-9,14-15H,10-13H2,1-2H3,(H,26,28,29). The van der Waals surface area contributed by atoms with Gasteiger partial charge in [-0.05, 0) is 37.3 Å². The van der Waals surface area contributed by atoms with Gasteiger partial charge in [0.05, 0.1) is 42.3 Å². The van der Waals surface area contributed by atoms with Gasteiger partial charge in [0.1, 0.15) is 10.8 Å². The van der Waals surface area contributed by atoms with Gasteiger partial charge in [-0.15, -0.1) is 11.3 Å². The van der Waals surface area contributed by atoms with Gasteiger partial charge in [0.2, 0.25) is 5.95 Å². The molecule has 0 saturated carbocycles. The highest BCUT2D eigenvalue weighted by atomic mass is 32.1. The normalized spacial score (nSPS) is 13.7. The van der Waals surface area contributed by atoms with Crippen LogP contribution < -0.4 is 15.0 Å². The van der Waals surface area contributed by atoms with Gasteiger partial charge in [0.15, 0.2) is 0 Å². The van der Waals surface area contributed by atoms with Crippen molar-refractivity contribution in [2.45, 2.75) is 6.92 Å². The number of ether oxygens (including phenoxy) is 2. The maximum atomic E-state index is 5.66. The molecular weight excluding hydrogens is 436 g/mol. The van der Waals surface area contributed by atoms with Gasteiger partial charge in [-0.2, -0.15) is 0 Å². The monoisotopic (exact) mass is 460 g/mol. The third-order valence-corrected chi connectivity index (χ3v) is 6.61. The Balaban J connectivity index is 1.39. The number of morpholine rings is 1. The molecule has 0 atom stereocenters. The lowest BCUT2D eigenvalue weighted by molar-refractivity contribution is 0.122. The summed E-state index contributed by atoms with van der Waals surface area (Å²) < 4.78 is 11.1. The summed E-state index contributed by atoms with van der Waals surface area (Å²) in [5.74, 6) is 1.32. The van der Waals surface area contributed by atoms with Crippen molar-refractivity contribution in [3.8, 4) is 26.9 Å². The zero-order valence-corrected chi connectivity index (χ0v) is 19.3. The van der Waals surface area contributed by atoms with Crippen molar-refractivity contribution in [2.75, 3.05) is 43.6 Å². The van der Waals surface area contributed by atoms with Crippen LogP contribution in [-0.4, -0.2) is 53.3 Å². The van der Waals surface area contributed by atoms with Crippen LogP contribution in [0.1, 0.15) is 5.69 Å². The quantitative estimate of drug-likeness (QED) is 0.448. The molecule has 168 valence electrons. The highest BCUT2D eigenvalue weighted by Crippen LogP contribution is 2.35. The van der Waals surface area contributed by atoms with Crippen LogP contribution in [0.3, 0.4) is 0 Å². The van der Waals surface area contributed by atoms with Gasteiger partial charge in [0, 0.05) is 49.0 Å². The van der Waals surface area contributed by atoms with Gasteiger partial charge < -0.3 is 19.7 Å². The molecule has 1 fully saturated rings. The number of aryl methyl sites for hydroxylation is 1. The fourth-order valence-electron chi connectivity index (χ4n) is 3.74. The first kappa shape index (κ1) is 21.3. The fraction of sp³-hybridized carbons (Fsp3) is 0.250. The van der Waals surface area contributed by atoms with Crippen molar-refractivity contribution >= 4 is 28.7 Å². The topological polar surface area (TPSA) is 85.3 Å². The molecule has 0 amide bonds. The smallest absolute Gasteiger partial charge is 0.227 e. The van der Waals surface area contributed by atoms with E-state index in [1.54, 1.807) is 30.8 Å². The van der Waals surface area contributed by atoms with Crippen LogP contribution in [0.2, 0.25) is 0 Å². The molecule has 1 aromatic carbocycles. The Morgan fingerprint density at radius 1 is 1.09 bits per heavy atom. The molecule has 0 bridgehead atoms. The molecule has 3 aromatic heterocycles. The van der Waals surface area contributed by atoms with E-state index >= 15 is 0 Å². The zero-order valence-electron chi connectivity index (χ0n) is 18.5. The number of nitrogens with zero attached hydrogens (tertiary/aromatic N) is 5. The third-order valence-electron chi connectivity index (χ3n) is 5.38. The number of thiazole rings is 1. The predicted octanol–water partition coefficient (Wildman–Crippen LogP) is 4.56. The Labute approximate surface area is 196 Å². The number of hydrogen-bond donors (Lipinski definition) is 1. The number of anilines is 3. The average molecular weight is 461 g/mol. The molecule has 0 unspecified atom stereocenters. The fourth-order valence-corrected chi connectivity index (χ4v) is 4.77. The van der Waals surface area contributed by atoms with Gasteiger partial charge in [-0.1, -0.05) is 0 Å². The molecule has 0 radical (unpaired) electrons. The van der Waals surface area contributed by atoms with Crippen molar-refractivity contribution < 1.29 is 9.47 Å². The number of nitrogens with one attached hydrogen (secondary N) is 1. The third kappa shape index (κ3) is 4.64. The molecule has 1 aliphatic heterocycles. The predicted molar refractivity (Wildman–Crippen MR) is 130 cm³/mol. The summed E-state index contributed by atoms with van der Waals surface area (Å²) in [6.07, 6.45) is 5.34. The molecule has 9 heteroatoms. The van der Waals surface area contributed by atoms with Gasteiger partial charge in [0.25, 0.3) is 0 Å². The van der Waals surface area contributed by atoms with E-state index < -0.39 is 0 Å². The molecule has 8 nitrogen and oxygen atoms in total. The molecule has 0 aliphatic carbocycles. The molecule has 1 saturated heterocycles. The van der Waals surface area contributed by atoms with Crippen molar-refractivity contribution in [2.24, 2.45) is 0 Å². The SMILES string of the molecule is COc1cc(Nc2nccc(-c3sc(-c4cccnc4)nc3C)n2)ccc1N1CCOCC1. The first-order valence-corrected chi connectivity index (χ1v) is 11.5. The summed E-state index contributed by atoms with van der Waals surface area (Å²) >= 11 is 1.60. The van der Waals surface area contributed by atoms with Crippen LogP contribution in [0.25, 0.3) is 21.1 Å². The van der Waals surface area contributed by atoms with E-state index in [0.717, 1.165) is 70.3 Å². The second kappa shape index (κ2) is 9.51. The van der Waals surface area contributed by atoms with Crippen LogP contribution in [0.5, 0.6) is 5.75 Å². The van der Waals surface area contributed by atoms with Gasteiger partial charge in [-0.25, -0.2) is 15.0 Å². The highest BCUT2D eigenvalue weighted by Gasteiger charge is 2.17. The summed E-state index contributed by atoms with van der Waals surface area (Å²) in [5, 5.41) is 4.23. The van der Waals surface area contributed by atoms with Crippen LogP contribution in [-0.2, 0) is 4.74 Å². The highest BCUT2D eigenvalue weighted by molar-refractivity contribution is 7.18. The summed E-state index contributed by atoms with van der Waals surface area (Å²) in [4.78, 5) is 21.3.